The third-order valence-electron chi connectivity index (χ3n) is 1.51. The predicted molar refractivity (Wildman–Crippen MR) is 48.2 cm³/mol. The van der Waals surface area contributed by atoms with Gasteiger partial charge in [0.25, 0.3) is 0 Å². The zero-order valence-corrected chi connectivity index (χ0v) is 7.41. The molecule has 59 valence electrons. The molecule has 0 aliphatic rings. The maximum Gasteiger partial charge on any atom is 0.0819 e. The lowest BCUT2D eigenvalue weighted by molar-refractivity contribution is 0.809. The zero-order valence-electron chi connectivity index (χ0n) is 7.41. The Morgan fingerprint density at radius 2 is 2.09 bits per heavy atom. The van der Waals surface area contributed by atoms with Crippen molar-refractivity contribution in [2.45, 2.75) is 39.5 Å². The van der Waals surface area contributed by atoms with E-state index in [2.05, 4.69) is 24.7 Å². The molecular weight excluding hydrogens is 132 g/mol. The fourth-order valence-corrected chi connectivity index (χ4v) is 0.701. The van der Waals surface area contributed by atoms with Crippen LogP contribution in [0.15, 0.2) is 0 Å². The Labute approximate surface area is 70.4 Å². The molecule has 0 spiro atoms. The molecule has 11 heavy (non-hydrogen) atoms. The summed E-state index contributed by atoms with van der Waals surface area (Å²) in [5.74, 6) is 8.53. The van der Waals surface area contributed by atoms with Crippen LogP contribution in [0.2, 0.25) is 0 Å². The van der Waals surface area contributed by atoms with E-state index in [9.17, 15) is 0 Å². The molecule has 0 nitrogen and oxygen atoms in total. The first kappa shape index (κ1) is 10.1. The van der Waals surface area contributed by atoms with Crippen LogP contribution in [-0.4, -0.2) is 0 Å². The van der Waals surface area contributed by atoms with Gasteiger partial charge in [-0.15, -0.1) is 5.92 Å². The van der Waals surface area contributed by atoms with Gasteiger partial charge in [0.05, 0.1) is 5.92 Å². The Bertz CT molecular complexity index is 172. The summed E-state index contributed by atoms with van der Waals surface area (Å²) >= 11 is 0. The molecule has 1 unspecified atom stereocenters. The fourth-order valence-electron chi connectivity index (χ4n) is 0.701. The van der Waals surface area contributed by atoms with Gasteiger partial charge < -0.3 is 0 Å². The quantitative estimate of drug-likeness (QED) is 0.425. The molecule has 0 saturated heterocycles. The average molecular weight is 147 g/mol. The molecule has 1 radical (unpaired) electrons. The van der Waals surface area contributed by atoms with Gasteiger partial charge in [-0.1, -0.05) is 32.1 Å². The minimum Gasteiger partial charge on any atom is -0.102 e. The van der Waals surface area contributed by atoms with Crippen LogP contribution in [0.4, 0.5) is 0 Å². The van der Waals surface area contributed by atoms with Crippen LogP contribution < -0.4 is 0 Å². The highest BCUT2D eigenvalue weighted by atomic mass is 13.9. The van der Waals surface area contributed by atoms with Crippen LogP contribution in [0.5, 0.6) is 0 Å². The van der Waals surface area contributed by atoms with Crippen molar-refractivity contribution in [1.29, 1.82) is 0 Å². The van der Waals surface area contributed by atoms with Gasteiger partial charge in [0.2, 0.25) is 0 Å². The van der Waals surface area contributed by atoms with Gasteiger partial charge in [0.1, 0.15) is 0 Å². The Hall–Kier alpha value is -0.880. The predicted octanol–water partition coefficient (Wildman–Crippen LogP) is 2.80. The molecule has 0 N–H and O–H groups in total. The normalized spacial score (nSPS) is 11.0. The topological polar surface area (TPSA) is 0 Å². The van der Waals surface area contributed by atoms with Crippen LogP contribution >= 0.6 is 0 Å². The molecular formula is C11H15. The van der Waals surface area contributed by atoms with E-state index in [0.717, 1.165) is 12.8 Å². The Morgan fingerprint density at radius 1 is 1.36 bits per heavy atom. The summed E-state index contributed by atoms with van der Waals surface area (Å²) in [5.41, 5.74) is 0. The molecule has 0 amide bonds. The summed E-state index contributed by atoms with van der Waals surface area (Å²) in [5, 5.41) is 0. The minimum absolute atomic E-state index is 0.0619. The molecule has 0 aliphatic carbocycles. The van der Waals surface area contributed by atoms with E-state index in [1.165, 1.54) is 12.8 Å². The summed E-state index contributed by atoms with van der Waals surface area (Å²) in [6.07, 6.45) is 11.1. The second-order valence-corrected chi connectivity index (χ2v) is 2.53. The number of hydrogen-bond donors (Lipinski definition) is 0. The molecule has 0 aromatic carbocycles. The monoisotopic (exact) mass is 147 g/mol. The Balaban J connectivity index is 3.59. The first-order valence-corrected chi connectivity index (χ1v) is 4.25. The molecule has 0 aliphatic heterocycles. The molecule has 0 bridgehead atoms. The first-order chi connectivity index (χ1) is 5.35. The average Bonchev–Trinajstić information content (AvgIpc) is 2.05. The number of hydrogen-bond acceptors (Lipinski definition) is 0. The molecule has 0 fully saturated rings. The fraction of sp³-hybridized carbons (Fsp3) is 0.636. The van der Waals surface area contributed by atoms with Crippen molar-refractivity contribution in [2.24, 2.45) is 5.92 Å². The van der Waals surface area contributed by atoms with E-state index in [1.54, 1.807) is 0 Å². The summed E-state index contributed by atoms with van der Waals surface area (Å²) in [6.45, 7) is 4.18. The lowest BCUT2D eigenvalue weighted by atomic mass is 10.1. The molecule has 0 rings (SSSR count). The van der Waals surface area contributed by atoms with Gasteiger partial charge in [-0.25, -0.2) is 0 Å². The van der Waals surface area contributed by atoms with Crippen molar-refractivity contribution in [3.05, 3.63) is 6.42 Å². The number of rotatable bonds is 3. The Kier molecular flexibility index (Phi) is 6.65. The SMILES string of the molecule is [C]#CC(C#CCCCC)CC. The van der Waals surface area contributed by atoms with Gasteiger partial charge >= 0.3 is 0 Å². The van der Waals surface area contributed by atoms with Crippen molar-refractivity contribution >= 4 is 0 Å². The molecule has 0 heterocycles. The van der Waals surface area contributed by atoms with Crippen LogP contribution in [0, 0.1) is 30.1 Å². The van der Waals surface area contributed by atoms with Gasteiger partial charge in [0.15, 0.2) is 0 Å². The van der Waals surface area contributed by atoms with E-state index >= 15 is 0 Å². The molecule has 0 saturated carbocycles. The Morgan fingerprint density at radius 3 is 2.55 bits per heavy atom. The van der Waals surface area contributed by atoms with Crippen LogP contribution in [0.1, 0.15) is 39.5 Å². The second-order valence-electron chi connectivity index (χ2n) is 2.53. The molecule has 0 heteroatoms. The van der Waals surface area contributed by atoms with Crippen molar-refractivity contribution in [3.63, 3.8) is 0 Å². The molecule has 1 atom stereocenters. The van der Waals surface area contributed by atoms with Gasteiger partial charge in [-0.3, -0.25) is 0 Å². The van der Waals surface area contributed by atoms with Gasteiger partial charge in [-0.2, -0.15) is 0 Å². The van der Waals surface area contributed by atoms with Gasteiger partial charge in [-0.05, 0) is 19.3 Å². The summed E-state index contributed by atoms with van der Waals surface area (Å²) in [4.78, 5) is 0. The lowest BCUT2D eigenvalue weighted by Crippen LogP contribution is -1.88. The van der Waals surface area contributed by atoms with Crippen LogP contribution in [0.3, 0.4) is 0 Å². The summed E-state index contributed by atoms with van der Waals surface area (Å²) in [6, 6.07) is 0. The van der Waals surface area contributed by atoms with E-state index in [4.69, 9.17) is 6.42 Å². The zero-order chi connectivity index (χ0) is 8.53. The van der Waals surface area contributed by atoms with E-state index in [0.29, 0.717) is 0 Å². The smallest absolute Gasteiger partial charge is 0.0819 e. The second kappa shape index (κ2) is 7.23. The molecule has 0 aromatic heterocycles. The maximum atomic E-state index is 6.89. The van der Waals surface area contributed by atoms with Crippen molar-refractivity contribution < 1.29 is 0 Å². The molecule has 0 aromatic rings. The van der Waals surface area contributed by atoms with E-state index in [1.807, 2.05) is 6.92 Å². The standard InChI is InChI=1S/C11H15/c1-4-7-8-9-10-11(5-2)6-3/h11H,4-5,7-8H2,1-2H3. The van der Waals surface area contributed by atoms with E-state index in [-0.39, 0.29) is 5.92 Å². The minimum atomic E-state index is 0.0619. The number of unbranched alkanes of at least 4 members (excludes halogenated alkanes) is 2. The largest absolute Gasteiger partial charge is 0.102 e. The highest BCUT2D eigenvalue weighted by Crippen LogP contribution is 1.98. The maximum absolute atomic E-state index is 6.89. The highest BCUT2D eigenvalue weighted by molar-refractivity contribution is 5.12. The summed E-state index contributed by atoms with van der Waals surface area (Å²) in [7, 11) is 0. The van der Waals surface area contributed by atoms with Crippen molar-refractivity contribution in [1.82, 2.24) is 0 Å². The van der Waals surface area contributed by atoms with Gasteiger partial charge in [0, 0.05) is 6.42 Å². The van der Waals surface area contributed by atoms with E-state index < -0.39 is 0 Å². The van der Waals surface area contributed by atoms with Crippen LogP contribution in [0.25, 0.3) is 0 Å². The third kappa shape index (κ3) is 5.56. The van der Waals surface area contributed by atoms with Crippen LogP contribution in [-0.2, 0) is 0 Å². The third-order valence-corrected chi connectivity index (χ3v) is 1.51. The lowest BCUT2D eigenvalue weighted by Gasteiger charge is -1.93. The van der Waals surface area contributed by atoms with Crippen molar-refractivity contribution in [2.75, 3.05) is 0 Å². The highest BCUT2D eigenvalue weighted by Gasteiger charge is 1.92. The first-order valence-electron chi connectivity index (χ1n) is 4.25. The van der Waals surface area contributed by atoms with Crippen molar-refractivity contribution in [3.8, 4) is 17.8 Å². The summed E-state index contributed by atoms with van der Waals surface area (Å²) < 4.78 is 0.